The number of hydrogen-bond donors (Lipinski definition) is 0. The predicted molar refractivity (Wildman–Crippen MR) is 59.2 cm³/mol. The highest BCUT2D eigenvalue weighted by atomic mass is 35.5. The van der Waals surface area contributed by atoms with Crippen LogP contribution in [-0.2, 0) is 16.0 Å². The Kier molecular flexibility index (Phi) is 4.17. The summed E-state index contributed by atoms with van der Waals surface area (Å²) < 4.78 is 4.41. The zero-order valence-corrected chi connectivity index (χ0v) is 9.56. The first-order valence-electron chi connectivity index (χ1n) is 4.48. The molecule has 6 nitrogen and oxygen atoms in total. The maximum absolute atomic E-state index is 11.1. The number of esters is 1. The lowest BCUT2D eigenvalue weighted by Crippen LogP contribution is -2.08. The molecule has 0 N–H and O–H groups in total. The Labute approximate surface area is 101 Å². The van der Waals surface area contributed by atoms with E-state index in [-0.39, 0.29) is 22.6 Å². The number of rotatable bonds is 4. The van der Waals surface area contributed by atoms with E-state index in [9.17, 15) is 19.7 Å². The largest absolute Gasteiger partial charge is 0.469 e. The molecule has 0 saturated carbocycles. The molecule has 0 aromatic heterocycles. The molecule has 7 heteroatoms. The van der Waals surface area contributed by atoms with Crippen molar-refractivity contribution >= 4 is 29.5 Å². The lowest BCUT2D eigenvalue weighted by Gasteiger charge is -2.04. The van der Waals surface area contributed by atoms with E-state index in [2.05, 4.69) is 4.74 Å². The summed E-state index contributed by atoms with van der Waals surface area (Å²) in [7, 11) is 1.17. The molecule has 1 rings (SSSR count). The van der Waals surface area contributed by atoms with E-state index in [1.54, 1.807) is 0 Å². The molecule has 1 aromatic carbocycles. The molecular formula is C10H8ClNO5. The predicted octanol–water partition coefficient (Wildman–Crippen LogP) is 1.78. The summed E-state index contributed by atoms with van der Waals surface area (Å²) in [5.41, 5.74) is -0.535. The third-order valence-corrected chi connectivity index (χ3v) is 2.27. The maximum Gasteiger partial charge on any atom is 0.310 e. The van der Waals surface area contributed by atoms with Gasteiger partial charge in [0.2, 0.25) is 0 Å². The Bertz CT molecular complexity index is 486. The summed E-state index contributed by atoms with van der Waals surface area (Å²) in [6, 6.07) is 2.44. The number of nitrogens with zero attached hydrogens (tertiary/aromatic N) is 1. The first kappa shape index (κ1) is 13.1. The summed E-state index contributed by atoms with van der Waals surface area (Å²) >= 11 is 5.70. The SMILES string of the molecule is COC(=O)Cc1cc(Cl)cc(C=O)c1[N+](=O)[O-]. The van der Waals surface area contributed by atoms with Gasteiger partial charge in [-0.2, -0.15) is 0 Å². The Hall–Kier alpha value is -1.95. The van der Waals surface area contributed by atoms with Crippen molar-refractivity contribution in [2.24, 2.45) is 0 Å². The van der Waals surface area contributed by atoms with Crippen LogP contribution in [0, 0.1) is 10.1 Å². The molecule has 0 aliphatic heterocycles. The van der Waals surface area contributed by atoms with E-state index in [0.29, 0.717) is 6.29 Å². The Balaban J connectivity index is 3.35. The summed E-state index contributed by atoms with van der Waals surface area (Å²) in [6.45, 7) is 0. The van der Waals surface area contributed by atoms with Crippen molar-refractivity contribution in [3.63, 3.8) is 0 Å². The van der Waals surface area contributed by atoms with Gasteiger partial charge in [0.25, 0.3) is 5.69 Å². The van der Waals surface area contributed by atoms with Crippen molar-refractivity contribution < 1.29 is 19.2 Å². The fraction of sp³-hybridized carbons (Fsp3) is 0.200. The summed E-state index contributed by atoms with van der Waals surface area (Å²) in [4.78, 5) is 31.9. The van der Waals surface area contributed by atoms with Crippen LogP contribution in [-0.4, -0.2) is 24.3 Å². The molecule has 0 bridgehead atoms. The Morgan fingerprint density at radius 2 is 2.24 bits per heavy atom. The van der Waals surface area contributed by atoms with Crippen molar-refractivity contribution in [1.82, 2.24) is 0 Å². The third-order valence-electron chi connectivity index (χ3n) is 2.06. The molecule has 0 heterocycles. The minimum atomic E-state index is -0.724. The minimum Gasteiger partial charge on any atom is -0.469 e. The van der Waals surface area contributed by atoms with Gasteiger partial charge in [-0.05, 0) is 12.1 Å². The average Bonchev–Trinajstić information content (AvgIpc) is 2.27. The van der Waals surface area contributed by atoms with Crippen LogP contribution in [0.4, 0.5) is 5.69 Å². The second-order valence-corrected chi connectivity index (χ2v) is 3.57. The molecule has 17 heavy (non-hydrogen) atoms. The minimum absolute atomic E-state index is 0.0523. The fourth-order valence-electron chi connectivity index (χ4n) is 1.35. The fourth-order valence-corrected chi connectivity index (χ4v) is 1.60. The van der Waals surface area contributed by atoms with Crippen LogP contribution in [0.15, 0.2) is 12.1 Å². The zero-order valence-electron chi connectivity index (χ0n) is 8.81. The van der Waals surface area contributed by atoms with Crippen LogP contribution in [0.3, 0.4) is 0 Å². The molecule has 0 radical (unpaired) electrons. The number of methoxy groups -OCH3 is 1. The van der Waals surface area contributed by atoms with Gasteiger partial charge < -0.3 is 4.74 Å². The van der Waals surface area contributed by atoms with Crippen molar-refractivity contribution in [2.75, 3.05) is 7.11 Å². The molecule has 0 saturated heterocycles. The monoisotopic (exact) mass is 257 g/mol. The molecule has 0 atom stereocenters. The standard InChI is InChI=1S/C10H8ClNO5/c1-17-9(14)4-6-2-8(11)3-7(5-13)10(6)12(15)16/h2-3,5H,4H2,1H3. The highest BCUT2D eigenvalue weighted by molar-refractivity contribution is 6.31. The zero-order chi connectivity index (χ0) is 13.0. The van der Waals surface area contributed by atoms with E-state index in [4.69, 9.17) is 11.6 Å². The molecule has 0 aliphatic rings. The number of benzene rings is 1. The lowest BCUT2D eigenvalue weighted by atomic mass is 10.1. The van der Waals surface area contributed by atoms with Crippen LogP contribution in [0.5, 0.6) is 0 Å². The van der Waals surface area contributed by atoms with Crippen molar-refractivity contribution in [1.29, 1.82) is 0 Å². The van der Waals surface area contributed by atoms with Gasteiger partial charge in [-0.15, -0.1) is 0 Å². The highest BCUT2D eigenvalue weighted by Gasteiger charge is 2.22. The van der Waals surface area contributed by atoms with Crippen molar-refractivity contribution in [3.8, 4) is 0 Å². The number of ether oxygens (including phenoxy) is 1. The number of hydrogen-bond acceptors (Lipinski definition) is 5. The quantitative estimate of drug-likeness (QED) is 0.355. The smallest absolute Gasteiger partial charge is 0.310 e. The van der Waals surface area contributed by atoms with Gasteiger partial charge in [0.15, 0.2) is 6.29 Å². The van der Waals surface area contributed by atoms with E-state index in [1.165, 1.54) is 19.2 Å². The van der Waals surface area contributed by atoms with E-state index >= 15 is 0 Å². The Morgan fingerprint density at radius 1 is 1.59 bits per heavy atom. The summed E-state index contributed by atoms with van der Waals surface area (Å²) in [5, 5.41) is 11.0. The van der Waals surface area contributed by atoms with E-state index in [0.717, 1.165) is 0 Å². The lowest BCUT2D eigenvalue weighted by molar-refractivity contribution is -0.385. The van der Waals surface area contributed by atoms with Gasteiger partial charge in [-0.3, -0.25) is 19.7 Å². The molecule has 1 aromatic rings. The number of nitro groups is 1. The maximum atomic E-state index is 11.1. The first-order chi connectivity index (χ1) is 7.99. The molecule has 0 fully saturated rings. The highest BCUT2D eigenvalue weighted by Crippen LogP contribution is 2.27. The van der Waals surface area contributed by atoms with Crippen molar-refractivity contribution in [3.05, 3.63) is 38.4 Å². The number of halogens is 1. The Morgan fingerprint density at radius 3 is 2.71 bits per heavy atom. The average molecular weight is 258 g/mol. The van der Waals surface area contributed by atoms with Crippen LogP contribution in [0.1, 0.15) is 15.9 Å². The van der Waals surface area contributed by atoms with Gasteiger partial charge in [-0.25, -0.2) is 0 Å². The molecule has 0 spiro atoms. The van der Waals surface area contributed by atoms with Gasteiger partial charge in [-0.1, -0.05) is 11.6 Å². The molecule has 0 unspecified atom stereocenters. The van der Waals surface area contributed by atoms with Crippen LogP contribution >= 0.6 is 11.6 Å². The molecular weight excluding hydrogens is 250 g/mol. The van der Waals surface area contributed by atoms with Crippen LogP contribution in [0.25, 0.3) is 0 Å². The van der Waals surface area contributed by atoms with Gasteiger partial charge >= 0.3 is 5.97 Å². The third kappa shape index (κ3) is 3.01. The molecule has 90 valence electrons. The second kappa shape index (κ2) is 5.40. The van der Waals surface area contributed by atoms with E-state index < -0.39 is 16.6 Å². The molecule has 0 aliphatic carbocycles. The normalized spacial score (nSPS) is 9.76. The summed E-state index contributed by atoms with van der Waals surface area (Å²) in [6.07, 6.45) is 0.0129. The van der Waals surface area contributed by atoms with Gasteiger partial charge in [0, 0.05) is 10.6 Å². The topological polar surface area (TPSA) is 86.5 Å². The molecule has 0 amide bonds. The number of carbonyl (C=O) groups excluding carboxylic acids is 2. The van der Waals surface area contributed by atoms with Gasteiger partial charge in [0.05, 0.1) is 24.0 Å². The van der Waals surface area contributed by atoms with Crippen molar-refractivity contribution in [2.45, 2.75) is 6.42 Å². The number of carbonyl (C=O) groups is 2. The van der Waals surface area contributed by atoms with Gasteiger partial charge in [0.1, 0.15) is 0 Å². The number of aldehydes is 1. The second-order valence-electron chi connectivity index (χ2n) is 3.13. The summed E-state index contributed by atoms with van der Waals surface area (Å²) in [5.74, 6) is -0.646. The van der Waals surface area contributed by atoms with Crippen LogP contribution in [0.2, 0.25) is 5.02 Å². The van der Waals surface area contributed by atoms with Crippen LogP contribution < -0.4 is 0 Å². The first-order valence-corrected chi connectivity index (χ1v) is 4.86. The van der Waals surface area contributed by atoms with E-state index in [1.807, 2.05) is 0 Å². The number of nitro benzene ring substituents is 1.